The molecule has 1 aliphatic carbocycles. The number of aromatic nitrogens is 2. The zero-order valence-electron chi connectivity index (χ0n) is 16.3. The van der Waals surface area contributed by atoms with Gasteiger partial charge in [0.1, 0.15) is 11.4 Å². The van der Waals surface area contributed by atoms with Gasteiger partial charge in [0, 0.05) is 24.9 Å². The molecular formula is C18H30N4O3S. The van der Waals surface area contributed by atoms with Crippen LogP contribution in [0.5, 0.6) is 0 Å². The lowest BCUT2D eigenvalue weighted by atomic mass is 10.1. The number of anilines is 1. The SMILES string of the molecule is CSC1CCC(N(C)CC(=O)c2c(N)n(CC(C)C)c(=O)n(C)c2=O)C1. The number of nitrogen functional groups attached to an aromatic ring is 1. The first-order valence-corrected chi connectivity index (χ1v) is 10.3. The van der Waals surface area contributed by atoms with Crippen LogP contribution in [0, 0.1) is 5.92 Å². The Morgan fingerprint density at radius 3 is 2.54 bits per heavy atom. The summed E-state index contributed by atoms with van der Waals surface area (Å²) in [7, 11) is 3.30. The third-order valence-corrected chi connectivity index (χ3v) is 6.21. The molecule has 1 heterocycles. The van der Waals surface area contributed by atoms with Crippen molar-refractivity contribution in [3.63, 3.8) is 0 Å². The Labute approximate surface area is 158 Å². The first-order chi connectivity index (χ1) is 12.2. The number of nitrogens with zero attached hydrogens (tertiary/aromatic N) is 3. The minimum atomic E-state index is -0.612. The topological polar surface area (TPSA) is 90.3 Å². The van der Waals surface area contributed by atoms with Crippen molar-refractivity contribution >= 4 is 23.4 Å². The minimum absolute atomic E-state index is 0.0152. The van der Waals surface area contributed by atoms with Gasteiger partial charge in [0.15, 0.2) is 5.78 Å². The third-order valence-electron chi connectivity index (χ3n) is 5.12. The number of carbonyl (C=O) groups is 1. The van der Waals surface area contributed by atoms with Gasteiger partial charge in [-0.15, -0.1) is 0 Å². The van der Waals surface area contributed by atoms with Crippen LogP contribution in [0.2, 0.25) is 0 Å². The standard InChI is InChI=1S/C18H30N4O3S/c1-11(2)9-22-16(19)15(17(24)21(4)18(22)25)14(23)10-20(3)12-6-7-13(8-12)26-5/h11-13H,6-10,19H2,1-5H3. The van der Waals surface area contributed by atoms with Crippen molar-refractivity contribution in [3.05, 3.63) is 26.4 Å². The highest BCUT2D eigenvalue weighted by molar-refractivity contribution is 7.99. The molecule has 1 fully saturated rings. The van der Waals surface area contributed by atoms with Crippen molar-refractivity contribution in [1.29, 1.82) is 0 Å². The normalized spacial score (nSPS) is 20.3. The summed E-state index contributed by atoms with van der Waals surface area (Å²) in [5.41, 5.74) is 4.92. The second-order valence-electron chi connectivity index (χ2n) is 7.57. The highest BCUT2D eigenvalue weighted by Gasteiger charge is 2.29. The molecular weight excluding hydrogens is 352 g/mol. The van der Waals surface area contributed by atoms with Crippen molar-refractivity contribution in [3.8, 4) is 0 Å². The number of hydrogen-bond donors (Lipinski definition) is 1. The Morgan fingerprint density at radius 1 is 1.35 bits per heavy atom. The first kappa shape index (κ1) is 20.8. The van der Waals surface area contributed by atoms with E-state index in [1.54, 1.807) is 0 Å². The van der Waals surface area contributed by atoms with Gasteiger partial charge in [-0.1, -0.05) is 13.8 Å². The zero-order chi connectivity index (χ0) is 19.6. The van der Waals surface area contributed by atoms with E-state index < -0.39 is 11.2 Å². The van der Waals surface area contributed by atoms with Gasteiger partial charge < -0.3 is 5.73 Å². The van der Waals surface area contributed by atoms with E-state index in [4.69, 9.17) is 5.73 Å². The molecule has 2 rings (SSSR count). The summed E-state index contributed by atoms with van der Waals surface area (Å²) < 4.78 is 2.31. The highest BCUT2D eigenvalue weighted by Crippen LogP contribution is 2.30. The van der Waals surface area contributed by atoms with Crippen molar-refractivity contribution in [2.45, 2.75) is 50.9 Å². The highest BCUT2D eigenvalue weighted by atomic mass is 32.2. The molecule has 1 saturated carbocycles. The Kier molecular flexibility index (Phi) is 6.74. The van der Waals surface area contributed by atoms with Crippen LogP contribution in [0.3, 0.4) is 0 Å². The van der Waals surface area contributed by atoms with Gasteiger partial charge in [0.05, 0.1) is 6.54 Å². The smallest absolute Gasteiger partial charge is 0.332 e. The van der Waals surface area contributed by atoms with Crippen molar-refractivity contribution in [2.24, 2.45) is 13.0 Å². The fourth-order valence-corrected chi connectivity index (χ4v) is 4.34. The molecule has 2 N–H and O–H groups in total. The van der Waals surface area contributed by atoms with Crippen LogP contribution < -0.4 is 17.0 Å². The quantitative estimate of drug-likeness (QED) is 0.712. The van der Waals surface area contributed by atoms with Crippen molar-refractivity contribution in [1.82, 2.24) is 14.0 Å². The summed E-state index contributed by atoms with van der Waals surface area (Å²) >= 11 is 1.86. The van der Waals surface area contributed by atoms with E-state index in [1.807, 2.05) is 37.6 Å². The number of likely N-dealkylation sites (N-methyl/N-ethyl adjacent to an activating group) is 1. The molecule has 1 aromatic rings. The first-order valence-electron chi connectivity index (χ1n) is 9.02. The molecule has 0 radical (unpaired) electrons. The van der Waals surface area contributed by atoms with Gasteiger partial charge in [0.25, 0.3) is 5.56 Å². The molecule has 0 bridgehead atoms. The van der Waals surface area contributed by atoms with E-state index in [0.717, 1.165) is 23.8 Å². The second-order valence-corrected chi connectivity index (χ2v) is 8.71. The number of ketones is 1. The Balaban J connectivity index is 2.30. The molecule has 26 heavy (non-hydrogen) atoms. The fourth-order valence-electron chi connectivity index (χ4n) is 3.55. The minimum Gasteiger partial charge on any atom is -0.384 e. The molecule has 2 unspecified atom stereocenters. The molecule has 1 aromatic heterocycles. The number of Topliss-reactive ketones (excluding diaryl/α,β-unsaturated/α-hetero) is 1. The van der Waals surface area contributed by atoms with E-state index in [0.29, 0.717) is 17.8 Å². The monoisotopic (exact) mass is 382 g/mol. The van der Waals surface area contributed by atoms with E-state index >= 15 is 0 Å². The molecule has 0 aliphatic heterocycles. The summed E-state index contributed by atoms with van der Waals surface area (Å²) in [6, 6.07) is 0.336. The number of carbonyl (C=O) groups excluding carboxylic acids is 1. The van der Waals surface area contributed by atoms with Crippen LogP contribution in [0.15, 0.2) is 9.59 Å². The van der Waals surface area contributed by atoms with Crippen LogP contribution in [0.4, 0.5) is 5.82 Å². The Morgan fingerprint density at radius 2 is 2.00 bits per heavy atom. The Bertz CT molecular complexity index is 784. The maximum absolute atomic E-state index is 12.9. The molecule has 146 valence electrons. The van der Waals surface area contributed by atoms with Gasteiger partial charge >= 0.3 is 5.69 Å². The summed E-state index contributed by atoms with van der Waals surface area (Å²) in [6.07, 6.45) is 5.36. The molecule has 0 saturated heterocycles. The largest absolute Gasteiger partial charge is 0.384 e. The van der Waals surface area contributed by atoms with Crippen LogP contribution in [-0.4, -0.2) is 51.0 Å². The fraction of sp³-hybridized carbons (Fsp3) is 0.722. The molecule has 8 heteroatoms. The van der Waals surface area contributed by atoms with Crippen LogP contribution in [0.25, 0.3) is 0 Å². The number of rotatable bonds is 7. The zero-order valence-corrected chi connectivity index (χ0v) is 17.1. The predicted molar refractivity (Wildman–Crippen MR) is 107 cm³/mol. The van der Waals surface area contributed by atoms with E-state index in [-0.39, 0.29) is 29.6 Å². The molecule has 0 amide bonds. The van der Waals surface area contributed by atoms with Crippen LogP contribution >= 0.6 is 11.8 Å². The van der Waals surface area contributed by atoms with Gasteiger partial charge in [-0.05, 0) is 38.5 Å². The van der Waals surface area contributed by atoms with E-state index in [9.17, 15) is 14.4 Å². The lowest BCUT2D eigenvalue weighted by molar-refractivity contribution is 0.0919. The maximum atomic E-state index is 12.9. The summed E-state index contributed by atoms with van der Waals surface area (Å²) in [6.45, 7) is 4.40. The number of hydrogen-bond acceptors (Lipinski definition) is 6. The molecule has 7 nitrogen and oxygen atoms in total. The average Bonchev–Trinajstić information content (AvgIpc) is 3.06. The number of nitrogens with two attached hydrogens (primary N) is 1. The summed E-state index contributed by atoms with van der Waals surface area (Å²) in [5.74, 6) is -0.172. The number of thioether (sulfide) groups is 1. The molecule has 0 aromatic carbocycles. The molecule has 0 spiro atoms. The van der Waals surface area contributed by atoms with Crippen molar-refractivity contribution in [2.75, 3.05) is 25.6 Å². The van der Waals surface area contributed by atoms with Crippen molar-refractivity contribution < 1.29 is 4.79 Å². The predicted octanol–water partition coefficient (Wildman–Crippen LogP) is 1.18. The maximum Gasteiger partial charge on any atom is 0.332 e. The van der Waals surface area contributed by atoms with E-state index in [2.05, 4.69) is 6.26 Å². The van der Waals surface area contributed by atoms with Crippen LogP contribution in [0.1, 0.15) is 43.5 Å². The van der Waals surface area contributed by atoms with Gasteiger partial charge in [-0.2, -0.15) is 11.8 Å². The lowest BCUT2D eigenvalue weighted by Gasteiger charge is -2.24. The molecule has 1 aliphatic rings. The third kappa shape index (κ3) is 4.23. The summed E-state index contributed by atoms with van der Waals surface area (Å²) in [4.78, 5) is 39.7. The lowest BCUT2D eigenvalue weighted by Crippen LogP contribution is -2.45. The van der Waals surface area contributed by atoms with E-state index in [1.165, 1.54) is 11.6 Å². The Hall–Kier alpha value is -1.54. The molecule has 2 atom stereocenters. The summed E-state index contributed by atoms with van der Waals surface area (Å²) in [5, 5.41) is 0.628. The second kappa shape index (κ2) is 8.43. The van der Waals surface area contributed by atoms with Crippen LogP contribution in [-0.2, 0) is 13.6 Å². The van der Waals surface area contributed by atoms with Gasteiger partial charge in [0.2, 0.25) is 0 Å². The van der Waals surface area contributed by atoms with Gasteiger partial charge in [-0.3, -0.25) is 23.6 Å². The average molecular weight is 383 g/mol. The van der Waals surface area contributed by atoms with Gasteiger partial charge in [-0.25, -0.2) is 4.79 Å².